The average Bonchev–Trinajstić information content (AvgIpc) is 2.74. The Hall–Kier alpha value is -2.06. The third kappa shape index (κ3) is 5.05. The van der Waals surface area contributed by atoms with E-state index >= 15 is 0 Å². The van der Waals surface area contributed by atoms with Gasteiger partial charge in [0.15, 0.2) is 11.1 Å². The van der Waals surface area contributed by atoms with Gasteiger partial charge in [0.25, 0.3) is 0 Å². The van der Waals surface area contributed by atoms with Crippen molar-refractivity contribution in [2.24, 2.45) is 0 Å². The number of hydrogen-bond acceptors (Lipinski definition) is 6. The number of ketones is 1. The number of halogens is 1. The Morgan fingerprint density at radius 2 is 1.50 bits per heavy atom. The van der Waals surface area contributed by atoms with E-state index in [1.807, 2.05) is 60.7 Å². The van der Waals surface area contributed by atoms with Gasteiger partial charge in [-0.2, -0.15) is 0 Å². The highest BCUT2D eigenvalue weighted by Gasteiger charge is 2.49. The van der Waals surface area contributed by atoms with Crippen LogP contribution in [0.15, 0.2) is 60.7 Å². The van der Waals surface area contributed by atoms with E-state index in [4.69, 9.17) is 18.9 Å². The van der Waals surface area contributed by atoms with Crippen LogP contribution < -0.4 is 0 Å². The molecule has 3 rings (SSSR count). The minimum atomic E-state index is -1.09. The molecule has 0 bridgehead atoms. The molecule has 1 aliphatic heterocycles. The van der Waals surface area contributed by atoms with Gasteiger partial charge in [0.05, 0.1) is 20.3 Å². The van der Waals surface area contributed by atoms with Gasteiger partial charge in [0.1, 0.15) is 12.2 Å². The maximum absolute atomic E-state index is 12.7. The van der Waals surface area contributed by atoms with Gasteiger partial charge >= 0.3 is 5.97 Å². The van der Waals surface area contributed by atoms with E-state index in [0.717, 1.165) is 11.1 Å². The van der Waals surface area contributed by atoms with Gasteiger partial charge in [-0.05, 0) is 27.1 Å². The van der Waals surface area contributed by atoms with Crippen LogP contribution in [-0.4, -0.2) is 42.2 Å². The molecule has 1 heterocycles. The summed E-state index contributed by atoms with van der Waals surface area (Å²) in [7, 11) is 1.26. The molecule has 148 valence electrons. The van der Waals surface area contributed by atoms with Crippen LogP contribution in [0.2, 0.25) is 0 Å². The molecule has 28 heavy (non-hydrogen) atoms. The minimum Gasteiger partial charge on any atom is -0.467 e. The van der Waals surface area contributed by atoms with Gasteiger partial charge in [0.2, 0.25) is 5.78 Å². The first-order chi connectivity index (χ1) is 13.6. The monoisotopic (exact) mass is 448 g/mol. The molecule has 0 aromatic heterocycles. The van der Waals surface area contributed by atoms with Gasteiger partial charge < -0.3 is 18.9 Å². The maximum atomic E-state index is 12.7. The zero-order valence-corrected chi connectivity index (χ0v) is 16.9. The molecule has 2 aromatic carbocycles. The summed E-state index contributed by atoms with van der Waals surface area (Å²) in [5.74, 6) is -0.961. The van der Waals surface area contributed by atoms with E-state index in [2.05, 4.69) is 15.9 Å². The summed E-state index contributed by atoms with van der Waals surface area (Å²) in [6.45, 7) is 0.407. The molecule has 0 spiro atoms. The largest absolute Gasteiger partial charge is 0.467 e. The third-order valence-corrected chi connectivity index (χ3v) is 5.03. The molecule has 0 radical (unpaired) electrons. The normalized spacial score (nSPS) is 24.7. The maximum Gasteiger partial charge on any atom is 0.337 e. The fourth-order valence-corrected chi connectivity index (χ4v) is 3.40. The van der Waals surface area contributed by atoms with Crippen LogP contribution in [0.5, 0.6) is 0 Å². The zero-order chi connectivity index (χ0) is 19.9. The van der Waals surface area contributed by atoms with Gasteiger partial charge in [-0.15, -0.1) is 0 Å². The summed E-state index contributed by atoms with van der Waals surface area (Å²) in [4.78, 5) is 24.9. The first kappa shape index (κ1) is 20.7. The van der Waals surface area contributed by atoms with E-state index in [1.54, 1.807) is 0 Å². The number of esters is 1. The summed E-state index contributed by atoms with van der Waals surface area (Å²) in [5.41, 5.74) is 1.81. The molecule has 0 unspecified atom stereocenters. The Kier molecular flexibility index (Phi) is 7.33. The Bertz CT molecular complexity index is 782. The van der Waals surface area contributed by atoms with Crippen LogP contribution >= 0.6 is 15.9 Å². The van der Waals surface area contributed by atoms with Gasteiger partial charge in [-0.3, -0.25) is 4.79 Å². The van der Waals surface area contributed by atoms with E-state index < -0.39 is 29.3 Å². The molecule has 6 nitrogen and oxygen atoms in total. The molecule has 1 saturated heterocycles. The number of ether oxygens (including phenoxy) is 4. The predicted octanol–water partition coefficient (Wildman–Crippen LogP) is 3.02. The lowest BCUT2D eigenvalue weighted by Crippen LogP contribution is -2.58. The highest BCUT2D eigenvalue weighted by molar-refractivity contribution is 9.09. The second kappa shape index (κ2) is 9.93. The highest BCUT2D eigenvalue weighted by Crippen LogP contribution is 2.28. The van der Waals surface area contributed by atoms with Crippen molar-refractivity contribution >= 4 is 27.7 Å². The average molecular weight is 449 g/mol. The molecule has 2 aromatic rings. The van der Waals surface area contributed by atoms with Crippen LogP contribution in [0.1, 0.15) is 11.1 Å². The number of benzene rings is 2. The van der Waals surface area contributed by atoms with Crippen molar-refractivity contribution in [1.82, 2.24) is 0 Å². The fraction of sp³-hybridized carbons (Fsp3) is 0.333. The third-order valence-electron chi connectivity index (χ3n) is 4.36. The van der Waals surface area contributed by atoms with Gasteiger partial charge in [-0.25, -0.2) is 4.79 Å². The second-order valence-electron chi connectivity index (χ2n) is 6.28. The Balaban J connectivity index is 1.79. The van der Waals surface area contributed by atoms with Crippen LogP contribution in [0.4, 0.5) is 0 Å². The summed E-state index contributed by atoms with van der Waals surface area (Å²) in [6, 6.07) is 18.9. The molecule has 4 atom stereocenters. The highest BCUT2D eigenvalue weighted by atomic mass is 79.9. The Morgan fingerprint density at radius 1 is 0.964 bits per heavy atom. The Morgan fingerprint density at radius 3 is 2.04 bits per heavy atom. The van der Waals surface area contributed by atoms with Crippen LogP contribution in [0.25, 0.3) is 0 Å². The summed E-state index contributed by atoms with van der Waals surface area (Å²) >= 11 is 3.17. The SMILES string of the molecule is COC(=O)[C@H]1O[C@H](Br)C(=O)[C@@H](OCc2ccccc2)[C@@H]1OCc1ccccc1. The minimum absolute atomic E-state index is 0.202. The fourth-order valence-electron chi connectivity index (χ4n) is 2.91. The van der Waals surface area contributed by atoms with Crippen molar-refractivity contribution in [1.29, 1.82) is 0 Å². The number of carbonyl (C=O) groups excluding carboxylic acids is 2. The predicted molar refractivity (Wildman–Crippen MR) is 105 cm³/mol. The van der Waals surface area contributed by atoms with E-state index in [0.29, 0.717) is 0 Å². The van der Waals surface area contributed by atoms with E-state index in [-0.39, 0.29) is 19.0 Å². The standard InChI is InChI=1S/C21H21BrO6/c1-25-21(24)19-18(27-13-15-10-6-3-7-11-15)17(16(23)20(22)28-19)26-12-14-8-4-2-5-9-14/h2-11,17-20H,12-13H2,1H3/t17-,18+,19+,20+/m1/s1. The molecule has 0 saturated carbocycles. The topological polar surface area (TPSA) is 71.1 Å². The zero-order valence-electron chi connectivity index (χ0n) is 15.3. The van der Waals surface area contributed by atoms with Gasteiger partial charge in [0, 0.05) is 0 Å². The summed E-state index contributed by atoms with van der Waals surface area (Å²) < 4.78 is 22.2. The summed E-state index contributed by atoms with van der Waals surface area (Å²) in [6.07, 6.45) is -3.00. The molecule has 7 heteroatoms. The molecule has 0 aliphatic carbocycles. The first-order valence-corrected chi connectivity index (χ1v) is 9.74. The lowest BCUT2D eigenvalue weighted by atomic mass is 10.0. The number of rotatable bonds is 7. The molecule has 0 amide bonds. The number of hydrogen-bond donors (Lipinski definition) is 0. The molecular formula is C21H21BrO6. The van der Waals surface area contributed by atoms with Crippen molar-refractivity contribution in [3.63, 3.8) is 0 Å². The molecular weight excluding hydrogens is 428 g/mol. The number of Topliss-reactive ketones (excluding diaryl/α,β-unsaturated/α-hetero) is 1. The van der Waals surface area contributed by atoms with Crippen molar-refractivity contribution in [2.45, 2.75) is 36.5 Å². The van der Waals surface area contributed by atoms with Crippen molar-refractivity contribution in [3.8, 4) is 0 Å². The Labute approximate surface area is 171 Å². The van der Waals surface area contributed by atoms with Crippen molar-refractivity contribution in [2.75, 3.05) is 7.11 Å². The molecule has 0 N–H and O–H groups in total. The number of alkyl halides is 1. The van der Waals surface area contributed by atoms with E-state index in [9.17, 15) is 9.59 Å². The molecule has 1 fully saturated rings. The van der Waals surface area contributed by atoms with Crippen LogP contribution in [-0.2, 0) is 41.8 Å². The quantitative estimate of drug-likeness (QED) is 0.478. The van der Waals surface area contributed by atoms with Gasteiger partial charge in [-0.1, -0.05) is 60.7 Å². The van der Waals surface area contributed by atoms with E-state index in [1.165, 1.54) is 7.11 Å². The van der Waals surface area contributed by atoms with Crippen molar-refractivity contribution < 1.29 is 28.5 Å². The van der Waals surface area contributed by atoms with Crippen molar-refractivity contribution in [3.05, 3.63) is 71.8 Å². The lowest BCUT2D eigenvalue weighted by molar-refractivity contribution is -0.204. The second-order valence-corrected chi connectivity index (χ2v) is 7.11. The lowest BCUT2D eigenvalue weighted by Gasteiger charge is -2.37. The van der Waals surface area contributed by atoms with Crippen LogP contribution in [0, 0.1) is 0 Å². The first-order valence-electron chi connectivity index (χ1n) is 8.82. The summed E-state index contributed by atoms with van der Waals surface area (Å²) in [5, 5.41) is -0.978. The number of carbonyl (C=O) groups is 2. The van der Waals surface area contributed by atoms with Crippen LogP contribution in [0.3, 0.4) is 0 Å². The smallest absolute Gasteiger partial charge is 0.337 e. The molecule has 1 aliphatic rings. The number of methoxy groups -OCH3 is 1.